The summed E-state index contributed by atoms with van der Waals surface area (Å²) in [5.41, 5.74) is 2.70. The summed E-state index contributed by atoms with van der Waals surface area (Å²) in [6.45, 7) is 1.97. The number of rotatable bonds is 2. The van der Waals surface area contributed by atoms with Crippen LogP contribution in [0.5, 0.6) is 0 Å². The minimum absolute atomic E-state index is 0.165. The molecule has 0 aliphatic rings. The van der Waals surface area contributed by atoms with Crippen LogP contribution in [0.1, 0.15) is 21.7 Å². The van der Waals surface area contributed by atoms with Crippen molar-refractivity contribution in [2.75, 3.05) is 0 Å². The number of nitrogens with zero attached hydrogens (tertiary/aromatic N) is 4. The molecule has 2 heterocycles. The maximum Gasteiger partial charge on any atom is 0.230 e. The van der Waals surface area contributed by atoms with Crippen LogP contribution in [0.15, 0.2) is 36.5 Å². The van der Waals surface area contributed by atoms with Gasteiger partial charge in [-0.3, -0.25) is 4.79 Å². The van der Waals surface area contributed by atoms with Gasteiger partial charge in [0.2, 0.25) is 5.78 Å². The number of carbonyl (C=O) groups is 1. The van der Waals surface area contributed by atoms with Gasteiger partial charge >= 0.3 is 0 Å². The maximum absolute atomic E-state index is 12.4. The lowest BCUT2D eigenvalue weighted by molar-refractivity contribution is 0.102. The zero-order valence-electron chi connectivity index (χ0n) is 10.7. The van der Waals surface area contributed by atoms with E-state index in [1.54, 1.807) is 13.1 Å². The van der Waals surface area contributed by atoms with Crippen molar-refractivity contribution in [3.05, 3.63) is 53.5 Å². The average Bonchev–Trinajstić information content (AvgIpc) is 2.84. The molecule has 0 N–H and O–H groups in total. The highest BCUT2D eigenvalue weighted by Gasteiger charge is 2.16. The van der Waals surface area contributed by atoms with Gasteiger partial charge in [-0.25, -0.2) is 9.67 Å². The molecule has 3 aromatic rings. The van der Waals surface area contributed by atoms with Crippen LogP contribution < -0.4 is 0 Å². The van der Waals surface area contributed by atoms with Crippen LogP contribution in [0, 0.1) is 6.92 Å². The fraction of sp³-hybridized carbons (Fsp3) is 0.143. The van der Waals surface area contributed by atoms with Gasteiger partial charge < -0.3 is 0 Å². The minimum atomic E-state index is -0.165. The topological polar surface area (TPSA) is 60.7 Å². The van der Waals surface area contributed by atoms with Gasteiger partial charge in [-0.2, -0.15) is 0 Å². The number of aromatic nitrogens is 4. The monoisotopic (exact) mass is 252 g/mol. The number of pyridine rings is 1. The van der Waals surface area contributed by atoms with E-state index in [2.05, 4.69) is 15.3 Å². The van der Waals surface area contributed by atoms with Crippen LogP contribution in [0.3, 0.4) is 0 Å². The van der Waals surface area contributed by atoms with Crippen molar-refractivity contribution in [1.82, 2.24) is 20.0 Å². The highest BCUT2D eigenvalue weighted by Crippen LogP contribution is 2.18. The molecule has 5 heteroatoms. The number of hydrogen-bond donors (Lipinski definition) is 0. The van der Waals surface area contributed by atoms with E-state index < -0.39 is 0 Å². The average molecular weight is 252 g/mol. The minimum Gasteiger partial charge on any atom is -0.285 e. The maximum atomic E-state index is 12.4. The molecule has 0 saturated heterocycles. The molecular formula is C14H12N4O. The number of fused-ring (bicyclic) bond motifs is 1. The lowest BCUT2D eigenvalue weighted by Crippen LogP contribution is -2.10. The fourth-order valence-corrected chi connectivity index (χ4v) is 2.09. The van der Waals surface area contributed by atoms with Crippen LogP contribution >= 0.6 is 0 Å². The summed E-state index contributed by atoms with van der Waals surface area (Å²) in [6, 6.07) is 9.58. The Morgan fingerprint density at radius 1 is 1.26 bits per heavy atom. The highest BCUT2D eigenvalue weighted by molar-refractivity contribution is 6.07. The summed E-state index contributed by atoms with van der Waals surface area (Å²) in [7, 11) is 1.69. The standard InChI is InChI=1S/C14H12N4O/c1-9-7-12(14(19)13-8-15-17-18(13)2)16-11-6-4-3-5-10(9)11/h3-8H,1-2H3. The van der Waals surface area contributed by atoms with Crippen molar-refractivity contribution in [3.8, 4) is 0 Å². The molecular weight excluding hydrogens is 240 g/mol. The van der Waals surface area contributed by atoms with E-state index >= 15 is 0 Å². The van der Waals surface area contributed by atoms with Crippen molar-refractivity contribution in [2.24, 2.45) is 7.05 Å². The van der Waals surface area contributed by atoms with Gasteiger partial charge in [0, 0.05) is 12.4 Å². The van der Waals surface area contributed by atoms with E-state index in [4.69, 9.17) is 0 Å². The van der Waals surface area contributed by atoms with E-state index in [1.165, 1.54) is 10.9 Å². The third kappa shape index (κ3) is 1.89. The Balaban J connectivity index is 2.16. The van der Waals surface area contributed by atoms with Crippen molar-refractivity contribution < 1.29 is 4.79 Å². The zero-order chi connectivity index (χ0) is 13.4. The van der Waals surface area contributed by atoms with Gasteiger partial charge in [0.15, 0.2) is 0 Å². The lowest BCUT2D eigenvalue weighted by atomic mass is 10.1. The second-order valence-corrected chi connectivity index (χ2v) is 4.41. The van der Waals surface area contributed by atoms with Gasteiger partial charge in [-0.05, 0) is 24.6 Å². The number of aryl methyl sites for hydroxylation is 2. The first-order chi connectivity index (χ1) is 9.16. The van der Waals surface area contributed by atoms with Crippen LogP contribution in [-0.2, 0) is 7.05 Å². The highest BCUT2D eigenvalue weighted by atomic mass is 16.1. The molecule has 19 heavy (non-hydrogen) atoms. The third-order valence-corrected chi connectivity index (χ3v) is 3.10. The molecule has 0 radical (unpaired) electrons. The van der Waals surface area contributed by atoms with Crippen molar-refractivity contribution in [2.45, 2.75) is 6.92 Å². The summed E-state index contributed by atoms with van der Waals surface area (Å²) in [4.78, 5) is 16.8. The molecule has 5 nitrogen and oxygen atoms in total. The van der Waals surface area contributed by atoms with Crippen LogP contribution in [0.2, 0.25) is 0 Å². The van der Waals surface area contributed by atoms with Gasteiger partial charge in [-0.15, -0.1) is 5.10 Å². The normalized spacial score (nSPS) is 10.8. The third-order valence-electron chi connectivity index (χ3n) is 3.10. The number of ketones is 1. The molecule has 94 valence electrons. The molecule has 0 unspecified atom stereocenters. The smallest absolute Gasteiger partial charge is 0.230 e. The van der Waals surface area contributed by atoms with Crippen LogP contribution in [-0.4, -0.2) is 25.8 Å². The molecule has 0 aliphatic heterocycles. The van der Waals surface area contributed by atoms with E-state index in [1.807, 2.05) is 31.2 Å². The summed E-state index contributed by atoms with van der Waals surface area (Å²) in [6.07, 6.45) is 1.45. The quantitative estimate of drug-likeness (QED) is 0.653. The Kier molecular flexibility index (Phi) is 2.59. The van der Waals surface area contributed by atoms with E-state index in [9.17, 15) is 4.79 Å². The zero-order valence-corrected chi connectivity index (χ0v) is 10.7. The fourth-order valence-electron chi connectivity index (χ4n) is 2.09. The molecule has 1 aromatic carbocycles. The van der Waals surface area contributed by atoms with Crippen LogP contribution in [0.4, 0.5) is 0 Å². The van der Waals surface area contributed by atoms with E-state index in [0.29, 0.717) is 11.4 Å². The molecule has 3 rings (SSSR count). The summed E-state index contributed by atoms with van der Waals surface area (Å²) in [5, 5.41) is 8.54. The molecule has 0 spiro atoms. The first-order valence-electron chi connectivity index (χ1n) is 5.92. The van der Waals surface area contributed by atoms with Gasteiger partial charge in [-0.1, -0.05) is 23.4 Å². The number of hydrogen-bond acceptors (Lipinski definition) is 4. The van der Waals surface area contributed by atoms with Crippen molar-refractivity contribution >= 4 is 16.7 Å². The largest absolute Gasteiger partial charge is 0.285 e. The number of benzene rings is 1. The lowest BCUT2D eigenvalue weighted by Gasteiger charge is -2.05. The Morgan fingerprint density at radius 2 is 2.05 bits per heavy atom. The number of para-hydroxylation sites is 1. The Hall–Kier alpha value is -2.56. The molecule has 0 fully saturated rings. The SMILES string of the molecule is Cc1cc(C(=O)c2cnnn2C)nc2ccccc12. The predicted octanol–water partition coefficient (Wildman–Crippen LogP) is 1.90. The molecule has 0 atom stereocenters. The molecule has 2 aromatic heterocycles. The summed E-state index contributed by atoms with van der Waals surface area (Å²) >= 11 is 0. The first-order valence-corrected chi connectivity index (χ1v) is 5.92. The summed E-state index contributed by atoms with van der Waals surface area (Å²) in [5.74, 6) is -0.165. The van der Waals surface area contributed by atoms with Crippen LogP contribution in [0.25, 0.3) is 10.9 Å². The Bertz CT molecular complexity index is 776. The second kappa shape index (κ2) is 4.28. The first kappa shape index (κ1) is 11.5. The van der Waals surface area contributed by atoms with E-state index in [-0.39, 0.29) is 5.78 Å². The van der Waals surface area contributed by atoms with Crippen molar-refractivity contribution in [3.63, 3.8) is 0 Å². The molecule has 0 bridgehead atoms. The van der Waals surface area contributed by atoms with Gasteiger partial charge in [0.1, 0.15) is 11.4 Å². The van der Waals surface area contributed by atoms with E-state index in [0.717, 1.165) is 16.5 Å². The summed E-state index contributed by atoms with van der Waals surface area (Å²) < 4.78 is 1.45. The van der Waals surface area contributed by atoms with Gasteiger partial charge in [0.05, 0.1) is 11.7 Å². The second-order valence-electron chi connectivity index (χ2n) is 4.41. The predicted molar refractivity (Wildman–Crippen MR) is 70.9 cm³/mol. The molecule has 0 saturated carbocycles. The van der Waals surface area contributed by atoms with Gasteiger partial charge in [0.25, 0.3) is 0 Å². The molecule has 0 amide bonds. The molecule has 0 aliphatic carbocycles. The number of carbonyl (C=O) groups excluding carboxylic acids is 1. The Labute approximate surface area is 109 Å². The van der Waals surface area contributed by atoms with Crippen molar-refractivity contribution in [1.29, 1.82) is 0 Å². The Morgan fingerprint density at radius 3 is 2.79 bits per heavy atom.